The normalized spacial score (nSPS) is 12.1. The van der Waals surface area contributed by atoms with Crippen molar-refractivity contribution in [3.63, 3.8) is 0 Å². The van der Waals surface area contributed by atoms with Crippen LogP contribution < -0.4 is 5.32 Å². The lowest BCUT2D eigenvalue weighted by atomic mass is 10.2. The van der Waals surface area contributed by atoms with Gasteiger partial charge in [-0.25, -0.2) is 0 Å². The number of halogens is 1. The molecular weight excluding hydrogens is 360 g/mol. The molecule has 6 nitrogen and oxygen atoms in total. The zero-order valence-corrected chi connectivity index (χ0v) is 15.3. The number of hydrogen-bond acceptors (Lipinski definition) is 5. The zero-order valence-electron chi connectivity index (χ0n) is 13.8. The third-order valence-electron chi connectivity index (χ3n) is 3.62. The lowest BCUT2D eigenvalue weighted by molar-refractivity contribution is -0.120. The molecule has 0 aliphatic carbocycles. The summed E-state index contributed by atoms with van der Waals surface area (Å²) in [6.07, 6.45) is 1.58. The van der Waals surface area contributed by atoms with Gasteiger partial charge in [0.15, 0.2) is 11.0 Å². The number of nitrogens with zero attached hydrogens (tertiary/aromatic N) is 3. The quantitative estimate of drug-likeness (QED) is 0.666. The molecule has 0 saturated heterocycles. The number of aromatic nitrogens is 3. The summed E-state index contributed by atoms with van der Waals surface area (Å²) in [5.41, 5.74) is 0.806. The van der Waals surface area contributed by atoms with Gasteiger partial charge in [-0.05, 0) is 31.2 Å². The van der Waals surface area contributed by atoms with Crippen molar-refractivity contribution >= 4 is 29.3 Å². The molecule has 130 valence electrons. The van der Waals surface area contributed by atoms with E-state index in [-0.39, 0.29) is 11.2 Å². The lowest BCUT2D eigenvalue weighted by Gasteiger charge is -2.11. The summed E-state index contributed by atoms with van der Waals surface area (Å²) >= 11 is 7.57. The molecular formula is C17H17ClN4O2S. The van der Waals surface area contributed by atoms with Crippen LogP contribution in [0.25, 0.3) is 11.4 Å². The Bertz CT molecular complexity index is 863. The number of carbonyl (C=O) groups excluding carboxylic acids is 1. The number of hydrogen-bond donors (Lipinski definition) is 1. The predicted octanol–water partition coefficient (Wildman–Crippen LogP) is 3.53. The monoisotopic (exact) mass is 376 g/mol. The Hall–Kier alpha value is -2.25. The van der Waals surface area contributed by atoms with E-state index in [0.29, 0.717) is 28.3 Å². The Morgan fingerprint density at radius 1 is 1.32 bits per heavy atom. The fourth-order valence-electron chi connectivity index (χ4n) is 2.24. The first-order chi connectivity index (χ1) is 12.1. The van der Waals surface area contributed by atoms with Gasteiger partial charge in [-0.1, -0.05) is 35.5 Å². The molecule has 8 heteroatoms. The summed E-state index contributed by atoms with van der Waals surface area (Å²) < 4.78 is 7.04. The second-order valence-electron chi connectivity index (χ2n) is 5.40. The molecule has 2 heterocycles. The average Bonchev–Trinajstić information content (AvgIpc) is 3.24. The predicted molar refractivity (Wildman–Crippen MR) is 97.3 cm³/mol. The molecule has 0 radical (unpaired) electrons. The number of carbonyl (C=O) groups is 1. The van der Waals surface area contributed by atoms with E-state index in [9.17, 15) is 4.79 Å². The van der Waals surface area contributed by atoms with Gasteiger partial charge < -0.3 is 14.3 Å². The van der Waals surface area contributed by atoms with E-state index in [1.807, 2.05) is 48.9 Å². The molecule has 0 saturated carbocycles. The molecule has 3 aromatic rings. The van der Waals surface area contributed by atoms with Gasteiger partial charge in [0.05, 0.1) is 23.1 Å². The molecule has 2 aromatic heterocycles. The average molecular weight is 377 g/mol. The van der Waals surface area contributed by atoms with Crippen LogP contribution in [0.5, 0.6) is 0 Å². The van der Waals surface area contributed by atoms with Crippen LogP contribution in [-0.4, -0.2) is 25.9 Å². The van der Waals surface area contributed by atoms with Crippen molar-refractivity contribution in [2.45, 2.75) is 23.9 Å². The topological polar surface area (TPSA) is 73.0 Å². The second kappa shape index (κ2) is 7.76. The van der Waals surface area contributed by atoms with E-state index in [1.165, 1.54) is 11.8 Å². The van der Waals surface area contributed by atoms with Crippen molar-refractivity contribution in [1.29, 1.82) is 0 Å². The van der Waals surface area contributed by atoms with Crippen LogP contribution in [0, 0.1) is 0 Å². The second-order valence-corrected chi connectivity index (χ2v) is 7.12. The maximum Gasteiger partial charge on any atom is 0.233 e. The van der Waals surface area contributed by atoms with Crippen molar-refractivity contribution in [2.24, 2.45) is 7.05 Å². The van der Waals surface area contributed by atoms with E-state index < -0.39 is 0 Å². The smallest absolute Gasteiger partial charge is 0.233 e. The molecule has 0 aliphatic heterocycles. The SMILES string of the molecule is C[C@H](Sc1nnc(-c2ccccc2Cl)n1C)C(=O)NCc1ccco1. The van der Waals surface area contributed by atoms with Gasteiger partial charge in [-0.3, -0.25) is 4.79 Å². The van der Waals surface area contributed by atoms with Crippen molar-refractivity contribution < 1.29 is 9.21 Å². The van der Waals surface area contributed by atoms with Crippen LogP contribution >= 0.6 is 23.4 Å². The van der Waals surface area contributed by atoms with Gasteiger partial charge in [0.2, 0.25) is 5.91 Å². The van der Waals surface area contributed by atoms with Crippen molar-refractivity contribution in [3.8, 4) is 11.4 Å². The highest BCUT2D eigenvalue weighted by Crippen LogP contribution is 2.29. The Morgan fingerprint density at radius 2 is 2.12 bits per heavy atom. The standard InChI is InChI=1S/C17H17ClN4O2S/c1-11(16(23)19-10-12-6-5-9-24-12)25-17-21-20-15(22(17)2)13-7-3-4-8-14(13)18/h3-9,11H,10H2,1-2H3,(H,19,23)/t11-/m0/s1. The molecule has 0 unspecified atom stereocenters. The number of rotatable bonds is 6. The van der Waals surface area contributed by atoms with E-state index in [2.05, 4.69) is 15.5 Å². The molecule has 3 rings (SSSR count). The number of amides is 1. The van der Waals surface area contributed by atoms with Gasteiger partial charge in [-0.2, -0.15) is 0 Å². The van der Waals surface area contributed by atoms with Crippen LogP contribution in [0.3, 0.4) is 0 Å². The van der Waals surface area contributed by atoms with Gasteiger partial charge in [0, 0.05) is 12.6 Å². The highest BCUT2D eigenvalue weighted by Gasteiger charge is 2.20. The Balaban J connectivity index is 1.67. The van der Waals surface area contributed by atoms with Crippen LogP contribution in [0.1, 0.15) is 12.7 Å². The number of furan rings is 1. The maximum atomic E-state index is 12.2. The first-order valence-electron chi connectivity index (χ1n) is 7.67. The number of benzene rings is 1. The molecule has 1 atom stereocenters. The zero-order chi connectivity index (χ0) is 17.8. The molecule has 1 amide bonds. The maximum absolute atomic E-state index is 12.2. The van der Waals surface area contributed by atoms with Gasteiger partial charge >= 0.3 is 0 Å². The van der Waals surface area contributed by atoms with Gasteiger partial charge in [-0.15, -0.1) is 10.2 Å². The first kappa shape index (κ1) is 17.6. The Labute approximate surface area is 154 Å². The first-order valence-corrected chi connectivity index (χ1v) is 8.93. The Morgan fingerprint density at radius 3 is 2.84 bits per heavy atom. The summed E-state index contributed by atoms with van der Waals surface area (Å²) in [7, 11) is 1.86. The van der Waals surface area contributed by atoms with E-state index in [4.69, 9.17) is 16.0 Å². The van der Waals surface area contributed by atoms with Gasteiger partial charge in [0.25, 0.3) is 0 Å². The van der Waals surface area contributed by atoms with Crippen LogP contribution in [0.4, 0.5) is 0 Å². The summed E-state index contributed by atoms with van der Waals surface area (Å²) in [6, 6.07) is 11.1. The van der Waals surface area contributed by atoms with Crippen molar-refractivity contribution in [2.75, 3.05) is 0 Å². The molecule has 0 fully saturated rings. The molecule has 0 spiro atoms. The fraction of sp³-hybridized carbons (Fsp3) is 0.235. The third-order valence-corrected chi connectivity index (χ3v) is 5.08. The summed E-state index contributed by atoms with van der Waals surface area (Å²) in [5, 5.41) is 12.2. The van der Waals surface area contributed by atoms with E-state index in [0.717, 1.165) is 5.56 Å². The summed E-state index contributed by atoms with van der Waals surface area (Å²) in [5.74, 6) is 1.28. The minimum atomic E-state index is -0.322. The molecule has 0 aliphatic rings. The van der Waals surface area contributed by atoms with Crippen LogP contribution in [-0.2, 0) is 18.4 Å². The number of thioether (sulfide) groups is 1. The molecule has 1 aromatic carbocycles. The van der Waals surface area contributed by atoms with E-state index >= 15 is 0 Å². The molecule has 1 N–H and O–H groups in total. The summed E-state index contributed by atoms with van der Waals surface area (Å²) in [4.78, 5) is 12.2. The third kappa shape index (κ3) is 4.05. The van der Waals surface area contributed by atoms with Crippen molar-refractivity contribution in [3.05, 3.63) is 53.4 Å². The molecule has 25 heavy (non-hydrogen) atoms. The Kier molecular flexibility index (Phi) is 5.45. The highest BCUT2D eigenvalue weighted by molar-refractivity contribution is 8.00. The van der Waals surface area contributed by atoms with Crippen LogP contribution in [0.2, 0.25) is 5.02 Å². The molecule has 0 bridgehead atoms. The van der Waals surface area contributed by atoms with Crippen LogP contribution in [0.15, 0.2) is 52.2 Å². The largest absolute Gasteiger partial charge is 0.467 e. The number of nitrogens with one attached hydrogen (secondary N) is 1. The van der Waals surface area contributed by atoms with E-state index in [1.54, 1.807) is 12.3 Å². The lowest BCUT2D eigenvalue weighted by Crippen LogP contribution is -2.30. The minimum Gasteiger partial charge on any atom is -0.467 e. The summed E-state index contributed by atoms with van der Waals surface area (Å²) in [6.45, 7) is 2.19. The van der Waals surface area contributed by atoms with Crippen molar-refractivity contribution in [1.82, 2.24) is 20.1 Å². The highest BCUT2D eigenvalue weighted by atomic mass is 35.5. The fourth-order valence-corrected chi connectivity index (χ4v) is 3.30. The van der Waals surface area contributed by atoms with Gasteiger partial charge in [0.1, 0.15) is 5.76 Å². The minimum absolute atomic E-state index is 0.0938.